The van der Waals surface area contributed by atoms with Gasteiger partial charge < -0.3 is 0 Å². The number of carbonyl (C=O) groups is 2. The monoisotopic (exact) mass is 458 g/mol. The normalized spacial score (nSPS) is 15.8. The fourth-order valence-electron chi connectivity index (χ4n) is 3.09. The molecule has 0 radical (unpaired) electrons. The summed E-state index contributed by atoms with van der Waals surface area (Å²) >= 11 is 1.08. The van der Waals surface area contributed by atoms with E-state index in [0.29, 0.717) is 11.3 Å². The molecule has 0 aromatic heterocycles. The number of nitrogens with zero attached hydrogens (tertiary/aromatic N) is 3. The van der Waals surface area contributed by atoms with Crippen molar-refractivity contribution in [3.63, 3.8) is 0 Å². The number of nitro benzene ring substituents is 1. The molecule has 2 amide bonds. The molecule has 1 aliphatic rings. The Morgan fingerprint density at radius 2 is 1.73 bits per heavy atom. The molecule has 1 saturated heterocycles. The number of hydrazine groups is 1. The van der Waals surface area contributed by atoms with Gasteiger partial charge in [-0.1, -0.05) is 60.7 Å². The van der Waals surface area contributed by atoms with E-state index in [0.717, 1.165) is 22.3 Å². The van der Waals surface area contributed by atoms with E-state index in [4.69, 9.17) is 0 Å². The summed E-state index contributed by atoms with van der Waals surface area (Å²) in [6.45, 7) is 0. The van der Waals surface area contributed by atoms with E-state index in [1.807, 2.05) is 48.5 Å². The lowest BCUT2D eigenvalue weighted by Crippen LogP contribution is -2.46. The molecule has 3 aromatic rings. The van der Waals surface area contributed by atoms with Crippen LogP contribution in [0.3, 0.4) is 0 Å². The zero-order chi connectivity index (χ0) is 23.2. The molecule has 0 atom stereocenters. The molecule has 1 fully saturated rings. The van der Waals surface area contributed by atoms with Crippen molar-refractivity contribution < 1.29 is 14.5 Å². The number of rotatable bonds is 6. The van der Waals surface area contributed by atoms with Crippen LogP contribution < -0.4 is 5.43 Å². The van der Waals surface area contributed by atoms with E-state index < -0.39 is 10.8 Å². The number of benzene rings is 3. The van der Waals surface area contributed by atoms with Crippen molar-refractivity contribution in [3.8, 4) is 0 Å². The van der Waals surface area contributed by atoms with Gasteiger partial charge in [-0.3, -0.25) is 25.1 Å². The fourth-order valence-corrected chi connectivity index (χ4v) is 4.03. The van der Waals surface area contributed by atoms with Gasteiger partial charge in [0.15, 0.2) is 5.17 Å². The van der Waals surface area contributed by atoms with Gasteiger partial charge in [-0.15, -0.1) is 0 Å². The molecule has 164 valence electrons. The van der Waals surface area contributed by atoms with Crippen molar-refractivity contribution in [1.29, 1.82) is 0 Å². The third kappa shape index (κ3) is 5.52. The Bertz CT molecular complexity index is 1260. The highest BCUT2D eigenvalue weighted by atomic mass is 32.2. The highest BCUT2D eigenvalue weighted by molar-refractivity contribution is 8.18. The van der Waals surface area contributed by atoms with Crippen LogP contribution in [0.25, 0.3) is 6.08 Å². The molecule has 1 N–H and O–H groups in total. The SMILES string of the molecule is O=C(Cc1ccccc1)NN1C(=O)/C(=C/c2cccc([N+](=O)[O-])c2)SC1=Nc1ccccc1. The smallest absolute Gasteiger partial charge is 0.273 e. The molecule has 0 spiro atoms. The van der Waals surface area contributed by atoms with Gasteiger partial charge in [0.1, 0.15) is 0 Å². The minimum Gasteiger partial charge on any atom is -0.273 e. The Balaban J connectivity index is 1.63. The predicted molar refractivity (Wildman–Crippen MR) is 127 cm³/mol. The Morgan fingerprint density at radius 1 is 1.03 bits per heavy atom. The lowest BCUT2D eigenvalue weighted by molar-refractivity contribution is -0.384. The average Bonchev–Trinajstić information content (AvgIpc) is 3.09. The lowest BCUT2D eigenvalue weighted by Gasteiger charge is -2.16. The van der Waals surface area contributed by atoms with Crippen LogP contribution in [-0.2, 0) is 16.0 Å². The molecule has 3 aromatic carbocycles. The number of aliphatic imine (C=N–C) groups is 1. The third-order valence-electron chi connectivity index (χ3n) is 4.61. The summed E-state index contributed by atoms with van der Waals surface area (Å²) in [5.74, 6) is -0.838. The maximum absolute atomic E-state index is 13.1. The lowest BCUT2D eigenvalue weighted by atomic mass is 10.1. The number of non-ortho nitro benzene ring substituents is 1. The Hall–Kier alpha value is -4.24. The molecule has 9 heteroatoms. The number of hydrogen-bond donors (Lipinski definition) is 1. The highest BCUT2D eigenvalue weighted by Gasteiger charge is 2.35. The first-order chi connectivity index (χ1) is 16.0. The van der Waals surface area contributed by atoms with E-state index in [9.17, 15) is 19.7 Å². The summed E-state index contributed by atoms with van der Waals surface area (Å²) < 4.78 is 0. The van der Waals surface area contributed by atoms with Crippen LogP contribution in [0, 0.1) is 10.1 Å². The number of para-hydroxylation sites is 1. The third-order valence-corrected chi connectivity index (χ3v) is 5.58. The predicted octanol–water partition coefficient (Wildman–Crippen LogP) is 4.47. The molecule has 1 heterocycles. The maximum Gasteiger partial charge on any atom is 0.285 e. The summed E-state index contributed by atoms with van der Waals surface area (Å²) in [6, 6.07) is 24.2. The summed E-state index contributed by atoms with van der Waals surface area (Å²) in [4.78, 5) is 41.1. The standard InChI is InChI=1S/C24H18N4O4S/c29-22(16-17-8-3-1-4-9-17)26-27-23(30)21(15-18-10-7-13-20(14-18)28(31)32)33-24(27)25-19-11-5-2-6-12-19/h1-15H,16H2,(H,26,29)/b21-15-,25-24?. The Labute approximate surface area is 193 Å². The molecule has 8 nitrogen and oxygen atoms in total. The second-order valence-corrected chi connectivity index (χ2v) is 8.04. The number of amides is 2. The molecule has 1 aliphatic heterocycles. The van der Waals surface area contributed by atoms with Crippen molar-refractivity contribution in [1.82, 2.24) is 10.4 Å². The van der Waals surface area contributed by atoms with E-state index >= 15 is 0 Å². The van der Waals surface area contributed by atoms with Crippen LogP contribution in [0.2, 0.25) is 0 Å². The Morgan fingerprint density at radius 3 is 2.42 bits per heavy atom. The van der Waals surface area contributed by atoms with Gasteiger partial charge >= 0.3 is 0 Å². The van der Waals surface area contributed by atoms with Crippen molar-refractivity contribution >= 4 is 46.2 Å². The van der Waals surface area contributed by atoms with E-state index in [-0.39, 0.29) is 28.1 Å². The van der Waals surface area contributed by atoms with Crippen LogP contribution in [-0.4, -0.2) is 26.9 Å². The first-order valence-corrected chi connectivity index (χ1v) is 10.8. The second-order valence-electron chi connectivity index (χ2n) is 7.03. The van der Waals surface area contributed by atoms with Gasteiger partial charge in [0.2, 0.25) is 5.91 Å². The molecule has 4 rings (SSSR count). The van der Waals surface area contributed by atoms with Crippen molar-refractivity contribution in [2.75, 3.05) is 0 Å². The molecule has 0 unspecified atom stereocenters. The van der Waals surface area contributed by atoms with Crippen LogP contribution in [0.4, 0.5) is 11.4 Å². The van der Waals surface area contributed by atoms with Gasteiger partial charge in [0, 0.05) is 12.1 Å². The summed E-state index contributed by atoms with van der Waals surface area (Å²) in [6.07, 6.45) is 1.64. The molecule has 0 aliphatic carbocycles. The summed E-state index contributed by atoms with van der Waals surface area (Å²) in [5.41, 5.74) is 4.48. The minimum absolute atomic E-state index is 0.0778. The number of carbonyl (C=O) groups excluding carboxylic acids is 2. The molecular formula is C24H18N4O4S. The van der Waals surface area contributed by atoms with Gasteiger partial charge in [-0.05, 0) is 41.1 Å². The maximum atomic E-state index is 13.1. The highest BCUT2D eigenvalue weighted by Crippen LogP contribution is 2.33. The molecule has 0 saturated carbocycles. The van der Waals surface area contributed by atoms with Crippen LogP contribution in [0.5, 0.6) is 0 Å². The number of thioether (sulfide) groups is 1. The zero-order valence-electron chi connectivity index (χ0n) is 17.3. The van der Waals surface area contributed by atoms with Crippen LogP contribution >= 0.6 is 11.8 Å². The molecule has 33 heavy (non-hydrogen) atoms. The average molecular weight is 458 g/mol. The van der Waals surface area contributed by atoms with Gasteiger partial charge in [0.05, 0.1) is 21.9 Å². The van der Waals surface area contributed by atoms with Gasteiger partial charge in [-0.2, -0.15) is 5.01 Å². The largest absolute Gasteiger partial charge is 0.285 e. The quantitative estimate of drug-likeness (QED) is 0.333. The van der Waals surface area contributed by atoms with Gasteiger partial charge in [-0.25, -0.2) is 4.99 Å². The first kappa shape index (κ1) is 22.0. The molecule has 0 bridgehead atoms. The molecular weight excluding hydrogens is 440 g/mol. The Kier molecular flexibility index (Phi) is 6.61. The fraction of sp³-hybridized carbons (Fsp3) is 0.0417. The number of nitro groups is 1. The van der Waals surface area contributed by atoms with Gasteiger partial charge in [0.25, 0.3) is 11.6 Å². The van der Waals surface area contributed by atoms with Crippen LogP contribution in [0.15, 0.2) is 94.8 Å². The number of nitrogens with one attached hydrogen (secondary N) is 1. The van der Waals surface area contributed by atoms with Crippen LogP contribution in [0.1, 0.15) is 11.1 Å². The number of amidine groups is 1. The van der Waals surface area contributed by atoms with E-state index in [1.165, 1.54) is 12.1 Å². The summed E-state index contributed by atoms with van der Waals surface area (Å²) in [7, 11) is 0. The minimum atomic E-state index is -0.496. The van der Waals surface area contributed by atoms with E-state index in [2.05, 4.69) is 10.4 Å². The zero-order valence-corrected chi connectivity index (χ0v) is 18.1. The van der Waals surface area contributed by atoms with Crippen molar-refractivity contribution in [2.45, 2.75) is 6.42 Å². The number of hydrogen-bond acceptors (Lipinski definition) is 6. The van der Waals surface area contributed by atoms with Crippen molar-refractivity contribution in [3.05, 3.63) is 111 Å². The topological polar surface area (TPSA) is 105 Å². The first-order valence-electron chi connectivity index (χ1n) is 9.95. The van der Waals surface area contributed by atoms with Crippen molar-refractivity contribution in [2.24, 2.45) is 4.99 Å². The second kappa shape index (κ2) is 9.92. The summed E-state index contributed by atoms with van der Waals surface area (Å²) in [5, 5.41) is 12.5. The van der Waals surface area contributed by atoms with E-state index in [1.54, 1.807) is 30.3 Å².